The molecule has 0 saturated carbocycles. The first kappa shape index (κ1) is 19.6. The Hall–Kier alpha value is -2.18. The van der Waals surface area contributed by atoms with Crippen molar-refractivity contribution in [2.45, 2.75) is 29.8 Å². The van der Waals surface area contributed by atoms with Gasteiger partial charge in [0.05, 0.1) is 25.8 Å². The highest BCUT2D eigenvalue weighted by molar-refractivity contribution is 7.98. The highest BCUT2D eigenvalue weighted by Crippen LogP contribution is 2.43. The number of likely N-dealkylation sites (tertiary alicyclic amines) is 1. The van der Waals surface area contributed by atoms with Crippen LogP contribution in [0.3, 0.4) is 0 Å². The van der Waals surface area contributed by atoms with Crippen molar-refractivity contribution in [1.29, 1.82) is 0 Å². The lowest BCUT2D eigenvalue weighted by Gasteiger charge is -2.33. The molecule has 0 radical (unpaired) electrons. The van der Waals surface area contributed by atoms with Gasteiger partial charge in [0.25, 0.3) is 0 Å². The summed E-state index contributed by atoms with van der Waals surface area (Å²) in [7, 11) is 3.26. The lowest BCUT2D eigenvalue weighted by atomic mass is 9.94. The van der Waals surface area contributed by atoms with Crippen molar-refractivity contribution in [2.24, 2.45) is 0 Å². The van der Waals surface area contributed by atoms with Crippen LogP contribution in [-0.2, 0) is 4.79 Å². The molecule has 1 heterocycles. The Bertz CT molecular complexity index is 771. The average molecular weight is 388 g/mol. The van der Waals surface area contributed by atoms with Crippen LogP contribution in [0.15, 0.2) is 47.4 Å². The van der Waals surface area contributed by atoms with Crippen molar-refractivity contribution >= 4 is 17.7 Å². The van der Waals surface area contributed by atoms with E-state index in [9.17, 15) is 9.90 Å². The molecule has 1 saturated heterocycles. The molecule has 1 N–H and O–H groups in total. The average Bonchev–Trinajstić information content (AvgIpc) is 3.18. The molecule has 0 aromatic heterocycles. The molecule has 6 heteroatoms. The fraction of sp³-hybridized carbons (Fsp3) is 0.381. The minimum absolute atomic E-state index is 0.254. The molecular formula is C21H25NO4S. The molecule has 2 unspecified atom stereocenters. The first-order valence-electron chi connectivity index (χ1n) is 8.94. The Kier molecular flexibility index (Phi) is 6.29. The van der Waals surface area contributed by atoms with Gasteiger partial charge in [-0.05, 0) is 48.9 Å². The summed E-state index contributed by atoms with van der Waals surface area (Å²) < 4.78 is 11.3. The summed E-state index contributed by atoms with van der Waals surface area (Å²) in [5.74, 6) is 0.612. The molecule has 3 rings (SSSR count). The zero-order valence-corrected chi connectivity index (χ0v) is 16.7. The first-order chi connectivity index (χ1) is 13.1. The van der Waals surface area contributed by atoms with Crippen LogP contribution in [-0.4, -0.2) is 49.0 Å². The van der Waals surface area contributed by atoms with E-state index in [1.54, 1.807) is 26.0 Å². The third-order valence-electron chi connectivity index (χ3n) is 5.08. The van der Waals surface area contributed by atoms with Gasteiger partial charge in [-0.25, -0.2) is 0 Å². The Balaban J connectivity index is 2.17. The van der Waals surface area contributed by atoms with E-state index in [2.05, 4.69) is 29.2 Å². The number of aliphatic carboxylic acids is 1. The zero-order chi connectivity index (χ0) is 19.4. The van der Waals surface area contributed by atoms with Gasteiger partial charge < -0.3 is 14.6 Å². The number of carboxylic acid groups (broad SMARTS) is 1. The molecule has 0 bridgehead atoms. The normalized spacial score (nSPS) is 18.3. The topological polar surface area (TPSA) is 59.0 Å². The third-order valence-corrected chi connectivity index (χ3v) is 5.83. The first-order valence-corrected chi connectivity index (χ1v) is 10.2. The van der Waals surface area contributed by atoms with Crippen molar-refractivity contribution in [1.82, 2.24) is 4.90 Å². The van der Waals surface area contributed by atoms with E-state index >= 15 is 0 Å². The Morgan fingerprint density at radius 3 is 2.30 bits per heavy atom. The predicted octanol–water partition coefficient (Wildman–Crippen LogP) is 4.06. The highest BCUT2D eigenvalue weighted by atomic mass is 32.2. The van der Waals surface area contributed by atoms with Crippen molar-refractivity contribution in [3.8, 4) is 11.5 Å². The molecule has 144 valence electrons. The summed E-state index contributed by atoms with van der Waals surface area (Å²) in [4.78, 5) is 15.1. The van der Waals surface area contributed by atoms with Gasteiger partial charge >= 0.3 is 5.97 Å². The second-order valence-corrected chi connectivity index (χ2v) is 7.37. The van der Waals surface area contributed by atoms with Crippen molar-refractivity contribution < 1.29 is 19.4 Å². The molecule has 2 atom stereocenters. The van der Waals surface area contributed by atoms with Gasteiger partial charge in [0.1, 0.15) is 17.5 Å². The number of carbonyl (C=O) groups is 1. The van der Waals surface area contributed by atoms with Crippen LogP contribution in [0.4, 0.5) is 0 Å². The quantitative estimate of drug-likeness (QED) is 0.723. The van der Waals surface area contributed by atoms with Gasteiger partial charge in [0.15, 0.2) is 0 Å². The fourth-order valence-corrected chi connectivity index (χ4v) is 4.23. The summed E-state index contributed by atoms with van der Waals surface area (Å²) in [6.07, 6.45) is 3.54. The maximum atomic E-state index is 11.9. The van der Waals surface area contributed by atoms with Crippen LogP contribution >= 0.6 is 11.8 Å². The van der Waals surface area contributed by atoms with Gasteiger partial charge in [-0.1, -0.05) is 18.2 Å². The number of rotatable bonds is 7. The molecule has 0 aliphatic carbocycles. The summed E-state index contributed by atoms with van der Waals surface area (Å²) in [6.45, 7) is 0.715. The van der Waals surface area contributed by atoms with Gasteiger partial charge in [-0.2, -0.15) is 0 Å². The van der Waals surface area contributed by atoms with Crippen molar-refractivity contribution in [3.05, 3.63) is 53.6 Å². The number of nitrogens with zero attached hydrogens (tertiary/aromatic N) is 1. The van der Waals surface area contributed by atoms with Crippen molar-refractivity contribution in [2.75, 3.05) is 27.0 Å². The van der Waals surface area contributed by atoms with E-state index in [0.717, 1.165) is 17.5 Å². The molecule has 27 heavy (non-hydrogen) atoms. The maximum absolute atomic E-state index is 11.9. The van der Waals surface area contributed by atoms with Gasteiger partial charge in [0, 0.05) is 11.4 Å². The lowest BCUT2D eigenvalue weighted by Crippen LogP contribution is -2.39. The number of carboxylic acids is 1. The standard InChI is InChI=1S/C21H25NO4S/c1-25-17-7-4-8-18(26-2)19(17)20(14-9-11-15(27-3)12-10-14)22-13-5-6-16(22)21(23)24/h4,7-12,16,20H,5-6,13H2,1-3H3,(H,23,24). The zero-order valence-electron chi connectivity index (χ0n) is 15.8. The molecular weight excluding hydrogens is 362 g/mol. The molecule has 1 aliphatic rings. The lowest BCUT2D eigenvalue weighted by molar-refractivity contribution is -0.142. The fourth-order valence-electron chi connectivity index (χ4n) is 3.82. The minimum Gasteiger partial charge on any atom is -0.496 e. The van der Waals surface area contributed by atoms with Crippen LogP contribution in [0.2, 0.25) is 0 Å². The number of hydrogen-bond acceptors (Lipinski definition) is 5. The summed E-state index contributed by atoms with van der Waals surface area (Å²) in [5, 5.41) is 9.75. The Morgan fingerprint density at radius 1 is 1.15 bits per heavy atom. The van der Waals surface area contributed by atoms with E-state index in [4.69, 9.17) is 9.47 Å². The highest BCUT2D eigenvalue weighted by Gasteiger charge is 2.39. The SMILES string of the molecule is COc1cccc(OC)c1C(c1ccc(SC)cc1)N1CCCC1C(=O)O. The van der Waals surface area contributed by atoms with E-state index in [1.807, 2.05) is 24.5 Å². The second kappa shape index (κ2) is 8.67. The number of methoxy groups -OCH3 is 2. The van der Waals surface area contributed by atoms with Gasteiger partial charge in [0.2, 0.25) is 0 Å². The van der Waals surface area contributed by atoms with Crippen LogP contribution in [0, 0.1) is 0 Å². The summed E-state index contributed by atoms with van der Waals surface area (Å²) in [5.41, 5.74) is 1.90. The van der Waals surface area contributed by atoms with Crippen LogP contribution < -0.4 is 9.47 Å². The number of ether oxygens (including phenoxy) is 2. The smallest absolute Gasteiger partial charge is 0.320 e. The van der Waals surface area contributed by atoms with Crippen molar-refractivity contribution in [3.63, 3.8) is 0 Å². The van der Waals surface area contributed by atoms with E-state index in [0.29, 0.717) is 24.5 Å². The number of benzene rings is 2. The summed E-state index contributed by atoms with van der Waals surface area (Å²) >= 11 is 1.68. The number of thioether (sulfide) groups is 1. The Morgan fingerprint density at radius 2 is 1.78 bits per heavy atom. The number of hydrogen-bond donors (Lipinski definition) is 1. The van der Waals surface area contributed by atoms with Gasteiger partial charge in [-0.15, -0.1) is 11.8 Å². The van der Waals surface area contributed by atoms with E-state index in [-0.39, 0.29) is 6.04 Å². The molecule has 0 spiro atoms. The van der Waals surface area contributed by atoms with E-state index < -0.39 is 12.0 Å². The molecule has 2 aromatic carbocycles. The van der Waals surface area contributed by atoms with E-state index in [1.165, 1.54) is 4.90 Å². The second-order valence-electron chi connectivity index (χ2n) is 6.49. The van der Waals surface area contributed by atoms with Gasteiger partial charge in [-0.3, -0.25) is 9.69 Å². The maximum Gasteiger partial charge on any atom is 0.320 e. The monoisotopic (exact) mass is 387 g/mol. The largest absolute Gasteiger partial charge is 0.496 e. The Labute approximate surface area is 164 Å². The summed E-state index contributed by atoms with van der Waals surface area (Å²) in [6, 6.07) is 13.2. The molecule has 0 amide bonds. The minimum atomic E-state index is -0.785. The molecule has 1 fully saturated rings. The molecule has 2 aromatic rings. The van der Waals surface area contributed by atoms with Crippen LogP contribution in [0.5, 0.6) is 11.5 Å². The predicted molar refractivity (Wildman–Crippen MR) is 107 cm³/mol. The molecule has 1 aliphatic heterocycles. The molecule has 5 nitrogen and oxygen atoms in total. The third kappa shape index (κ3) is 3.92. The van der Waals surface area contributed by atoms with Crippen LogP contribution in [0.25, 0.3) is 0 Å². The van der Waals surface area contributed by atoms with Crippen LogP contribution in [0.1, 0.15) is 30.0 Å².